The van der Waals surface area contributed by atoms with Crippen LogP contribution in [0.1, 0.15) is 58.3 Å². The molecule has 2 fully saturated rings. The molecule has 2 saturated carbocycles. The van der Waals surface area contributed by atoms with Crippen LogP contribution >= 0.6 is 0 Å². The molecule has 5 atom stereocenters. The van der Waals surface area contributed by atoms with Gasteiger partial charge in [0.05, 0.1) is 18.3 Å². The lowest BCUT2D eigenvalue weighted by Gasteiger charge is -2.30. The van der Waals surface area contributed by atoms with Gasteiger partial charge in [0.1, 0.15) is 5.78 Å². The maximum atomic E-state index is 12.5. The third-order valence-electron chi connectivity index (χ3n) is 6.45. The molecule has 0 aromatic carbocycles. The standard InChI is InChI=1S/C22H36O5/c1-17-10-9-13-22(17,26-3)14-12-19-18(20(23)16-21(19)25-2)11-7-5-4-6-8-15-27-24/h5,7,12,14,17-19,21,24H,4,6,8-11,13,15-16H2,1-3H3/b7-5-,14-12+/t17?,18?,19-,21-,22+/m1/s1. The summed E-state index contributed by atoms with van der Waals surface area (Å²) in [6.07, 6.45) is 16.0. The summed E-state index contributed by atoms with van der Waals surface area (Å²) in [6, 6.07) is 0. The summed E-state index contributed by atoms with van der Waals surface area (Å²) >= 11 is 0. The van der Waals surface area contributed by atoms with Gasteiger partial charge >= 0.3 is 0 Å². The average Bonchev–Trinajstić information content (AvgIpc) is 3.19. The molecule has 0 spiro atoms. The van der Waals surface area contributed by atoms with E-state index in [1.54, 1.807) is 14.2 Å². The Balaban J connectivity index is 1.99. The number of unbranched alkanes of at least 4 members (excludes halogenated alkanes) is 2. The molecular weight excluding hydrogens is 344 g/mol. The smallest absolute Gasteiger partial charge is 0.139 e. The highest BCUT2D eigenvalue weighted by molar-refractivity contribution is 5.84. The number of ether oxygens (including phenoxy) is 2. The third kappa shape index (κ3) is 5.74. The SMILES string of the molecule is CO[C@@H]1CC(=O)C(C/C=C\CCCCOO)[C@H]1/C=C/[C@@]1(OC)CCCC1C. The van der Waals surface area contributed by atoms with Gasteiger partial charge in [0.15, 0.2) is 0 Å². The molecule has 0 bridgehead atoms. The van der Waals surface area contributed by atoms with Gasteiger partial charge in [0, 0.05) is 32.5 Å². The summed E-state index contributed by atoms with van der Waals surface area (Å²) in [5.41, 5.74) is -0.195. The van der Waals surface area contributed by atoms with Crippen LogP contribution in [0.2, 0.25) is 0 Å². The van der Waals surface area contributed by atoms with Gasteiger partial charge in [0.25, 0.3) is 0 Å². The van der Waals surface area contributed by atoms with E-state index in [2.05, 4.69) is 36.1 Å². The number of carbonyl (C=O) groups is 1. The Kier molecular flexibility index (Phi) is 9.16. The maximum absolute atomic E-state index is 12.5. The van der Waals surface area contributed by atoms with Crippen molar-refractivity contribution >= 4 is 5.78 Å². The molecule has 2 unspecified atom stereocenters. The first kappa shape index (κ1) is 22.3. The lowest BCUT2D eigenvalue weighted by molar-refractivity contribution is -0.242. The highest BCUT2D eigenvalue weighted by atomic mass is 17.1. The van der Waals surface area contributed by atoms with Gasteiger partial charge in [-0.25, -0.2) is 4.89 Å². The topological polar surface area (TPSA) is 65.0 Å². The van der Waals surface area contributed by atoms with Gasteiger partial charge in [-0.05, 0) is 50.9 Å². The molecule has 5 heteroatoms. The minimum Gasteiger partial charge on any atom is -0.380 e. The third-order valence-corrected chi connectivity index (χ3v) is 6.45. The van der Waals surface area contributed by atoms with Crippen LogP contribution in [0.4, 0.5) is 0 Å². The minimum atomic E-state index is -0.195. The lowest BCUT2D eigenvalue weighted by Crippen LogP contribution is -2.32. The van der Waals surface area contributed by atoms with Gasteiger partial charge in [-0.15, -0.1) is 0 Å². The Morgan fingerprint density at radius 2 is 2.07 bits per heavy atom. The number of rotatable bonds is 11. The van der Waals surface area contributed by atoms with E-state index in [0.29, 0.717) is 24.7 Å². The first-order chi connectivity index (χ1) is 13.1. The molecule has 0 radical (unpaired) electrons. The largest absolute Gasteiger partial charge is 0.380 e. The fourth-order valence-electron chi connectivity index (χ4n) is 4.60. The second kappa shape index (κ2) is 11.1. The van der Waals surface area contributed by atoms with Crippen LogP contribution in [0.3, 0.4) is 0 Å². The zero-order valence-corrected chi connectivity index (χ0v) is 17.1. The summed E-state index contributed by atoms with van der Waals surface area (Å²) in [4.78, 5) is 16.6. The molecule has 2 aliphatic carbocycles. The molecule has 5 nitrogen and oxygen atoms in total. The van der Waals surface area contributed by atoms with Gasteiger partial charge < -0.3 is 9.47 Å². The highest BCUT2D eigenvalue weighted by Gasteiger charge is 2.42. The lowest BCUT2D eigenvalue weighted by atomic mass is 9.86. The molecule has 154 valence electrons. The average molecular weight is 381 g/mol. The zero-order chi connectivity index (χ0) is 19.7. The Labute approximate surface area is 163 Å². The number of allylic oxidation sites excluding steroid dienone is 2. The first-order valence-corrected chi connectivity index (χ1v) is 10.3. The van der Waals surface area contributed by atoms with Crippen LogP contribution in [0.5, 0.6) is 0 Å². The van der Waals surface area contributed by atoms with E-state index in [-0.39, 0.29) is 23.5 Å². The summed E-state index contributed by atoms with van der Waals surface area (Å²) in [5, 5.41) is 8.32. The van der Waals surface area contributed by atoms with Crippen molar-refractivity contribution in [1.82, 2.24) is 0 Å². The van der Waals surface area contributed by atoms with Gasteiger partial charge in [0.2, 0.25) is 0 Å². The van der Waals surface area contributed by atoms with E-state index in [0.717, 1.165) is 32.1 Å². The van der Waals surface area contributed by atoms with Crippen LogP contribution in [0.25, 0.3) is 0 Å². The molecule has 0 heterocycles. The predicted molar refractivity (Wildman–Crippen MR) is 105 cm³/mol. The second-order valence-electron chi connectivity index (χ2n) is 7.98. The second-order valence-corrected chi connectivity index (χ2v) is 7.98. The minimum absolute atomic E-state index is 0.0196. The number of hydrogen-bond donors (Lipinski definition) is 1. The van der Waals surface area contributed by atoms with Crippen LogP contribution in [0, 0.1) is 17.8 Å². The van der Waals surface area contributed by atoms with E-state index in [1.807, 2.05) is 0 Å². The number of methoxy groups -OCH3 is 2. The first-order valence-electron chi connectivity index (χ1n) is 10.3. The Morgan fingerprint density at radius 1 is 1.26 bits per heavy atom. The van der Waals surface area contributed by atoms with Crippen molar-refractivity contribution in [2.24, 2.45) is 17.8 Å². The molecule has 0 saturated heterocycles. The Morgan fingerprint density at radius 3 is 2.70 bits per heavy atom. The number of carbonyl (C=O) groups excluding carboxylic acids is 1. The van der Waals surface area contributed by atoms with Gasteiger partial charge in [-0.3, -0.25) is 10.1 Å². The monoisotopic (exact) mass is 380 g/mol. The van der Waals surface area contributed by atoms with Crippen molar-refractivity contribution in [3.8, 4) is 0 Å². The molecule has 0 amide bonds. The van der Waals surface area contributed by atoms with Crippen LogP contribution in [-0.2, 0) is 19.2 Å². The summed E-state index contributed by atoms with van der Waals surface area (Å²) in [6.45, 7) is 2.62. The zero-order valence-electron chi connectivity index (χ0n) is 17.1. The van der Waals surface area contributed by atoms with E-state index in [9.17, 15) is 4.79 Å². The molecule has 2 aliphatic rings. The van der Waals surface area contributed by atoms with Crippen LogP contribution in [-0.4, -0.2) is 43.6 Å². The van der Waals surface area contributed by atoms with Crippen molar-refractivity contribution in [1.29, 1.82) is 0 Å². The summed E-state index contributed by atoms with van der Waals surface area (Å²) in [5.74, 6) is 0.877. The molecule has 0 aliphatic heterocycles. The van der Waals surface area contributed by atoms with Crippen molar-refractivity contribution in [2.75, 3.05) is 20.8 Å². The molecular formula is C22H36O5. The van der Waals surface area contributed by atoms with E-state index < -0.39 is 0 Å². The molecule has 27 heavy (non-hydrogen) atoms. The quantitative estimate of drug-likeness (QED) is 0.246. The molecule has 1 N–H and O–H groups in total. The van der Waals surface area contributed by atoms with E-state index >= 15 is 0 Å². The van der Waals surface area contributed by atoms with Crippen molar-refractivity contribution in [2.45, 2.75) is 70.0 Å². The number of ketones is 1. The molecule has 0 aromatic rings. The number of Topliss-reactive ketones (excluding diaryl/α,β-unsaturated/α-hetero) is 1. The van der Waals surface area contributed by atoms with Crippen LogP contribution in [0.15, 0.2) is 24.3 Å². The van der Waals surface area contributed by atoms with Crippen molar-refractivity contribution in [3.05, 3.63) is 24.3 Å². The highest BCUT2D eigenvalue weighted by Crippen LogP contribution is 2.41. The Hall–Kier alpha value is -1.01. The Bertz CT molecular complexity index is 515. The van der Waals surface area contributed by atoms with Crippen molar-refractivity contribution < 1.29 is 24.4 Å². The van der Waals surface area contributed by atoms with Crippen molar-refractivity contribution in [3.63, 3.8) is 0 Å². The predicted octanol–water partition coefficient (Wildman–Crippen LogP) is 4.57. The van der Waals surface area contributed by atoms with E-state index in [1.165, 1.54) is 12.8 Å². The fraction of sp³-hybridized carbons (Fsp3) is 0.773. The normalized spacial score (nSPS) is 34.4. The van der Waals surface area contributed by atoms with Gasteiger partial charge in [-0.1, -0.05) is 31.2 Å². The van der Waals surface area contributed by atoms with Crippen LogP contribution < -0.4 is 0 Å². The maximum Gasteiger partial charge on any atom is 0.139 e. The molecule has 2 rings (SSSR count). The summed E-state index contributed by atoms with van der Waals surface area (Å²) < 4.78 is 11.5. The molecule has 0 aromatic heterocycles. The van der Waals surface area contributed by atoms with E-state index in [4.69, 9.17) is 14.7 Å². The fourth-order valence-corrected chi connectivity index (χ4v) is 4.60. The van der Waals surface area contributed by atoms with Gasteiger partial charge in [-0.2, -0.15) is 0 Å². The number of hydrogen-bond acceptors (Lipinski definition) is 5. The summed E-state index contributed by atoms with van der Waals surface area (Å²) in [7, 11) is 3.49.